The van der Waals surface area contributed by atoms with E-state index in [9.17, 15) is 9.90 Å². The Bertz CT molecular complexity index is 710. The van der Waals surface area contributed by atoms with Crippen molar-refractivity contribution in [2.75, 3.05) is 6.61 Å². The zero-order valence-electron chi connectivity index (χ0n) is 14.4. The van der Waals surface area contributed by atoms with E-state index in [-0.39, 0.29) is 24.5 Å². The van der Waals surface area contributed by atoms with Gasteiger partial charge in [-0.1, -0.05) is 26.7 Å². The second-order valence-corrected chi connectivity index (χ2v) is 7.16. The lowest BCUT2D eigenvalue weighted by atomic mass is 9.85. The number of carbonyl (C=O) groups is 1. The highest BCUT2D eigenvalue weighted by Gasteiger charge is 2.26. The largest absolute Gasteiger partial charge is 0.396 e. The minimum absolute atomic E-state index is 0.0515. The molecule has 24 heavy (non-hydrogen) atoms. The molecule has 1 saturated carbocycles. The molecule has 6 nitrogen and oxygen atoms in total. The Morgan fingerprint density at radius 2 is 2.17 bits per heavy atom. The second kappa shape index (κ2) is 7.30. The molecular weight excluding hydrogens is 304 g/mol. The van der Waals surface area contributed by atoms with Crippen LogP contribution in [0.15, 0.2) is 18.5 Å². The van der Waals surface area contributed by atoms with Gasteiger partial charge in [-0.3, -0.25) is 4.79 Å². The van der Waals surface area contributed by atoms with Gasteiger partial charge in [-0.2, -0.15) is 5.10 Å². The summed E-state index contributed by atoms with van der Waals surface area (Å²) >= 11 is 0. The smallest absolute Gasteiger partial charge is 0.253 e. The first-order valence-corrected chi connectivity index (χ1v) is 8.81. The molecular formula is C18H26N4O2. The van der Waals surface area contributed by atoms with E-state index in [1.54, 1.807) is 12.4 Å². The number of amides is 1. The van der Waals surface area contributed by atoms with E-state index in [1.165, 1.54) is 0 Å². The van der Waals surface area contributed by atoms with Gasteiger partial charge in [-0.05, 0) is 24.8 Å². The first kappa shape index (κ1) is 16.9. The van der Waals surface area contributed by atoms with Crippen LogP contribution in [0.5, 0.6) is 0 Å². The number of hydrogen-bond donors (Lipinski definition) is 2. The zero-order valence-corrected chi connectivity index (χ0v) is 14.4. The number of fused-ring (bicyclic) bond motifs is 1. The van der Waals surface area contributed by atoms with Gasteiger partial charge in [0, 0.05) is 36.7 Å². The van der Waals surface area contributed by atoms with E-state index in [2.05, 4.69) is 29.2 Å². The maximum absolute atomic E-state index is 12.5. The number of pyridine rings is 1. The summed E-state index contributed by atoms with van der Waals surface area (Å²) in [7, 11) is 0. The standard InChI is InChI=1S/C18H26N4O2/c1-12(2)10-22-17-14(9-20-22)7-15(8-19-17)18(24)21-16-6-4-3-5-13(16)11-23/h7-9,12-13,16,23H,3-6,10-11H2,1-2H3,(H,21,24). The topological polar surface area (TPSA) is 80.0 Å². The number of nitrogens with zero attached hydrogens (tertiary/aromatic N) is 3. The first-order chi connectivity index (χ1) is 11.6. The minimum atomic E-state index is -0.119. The molecule has 2 atom stereocenters. The van der Waals surface area contributed by atoms with Crippen molar-refractivity contribution in [1.82, 2.24) is 20.1 Å². The van der Waals surface area contributed by atoms with Crippen molar-refractivity contribution in [1.29, 1.82) is 0 Å². The third-order valence-electron chi connectivity index (χ3n) is 4.74. The molecule has 0 spiro atoms. The Morgan fingerprint density at radius 1 is 1.38 bits per heavy atom. The monoisotopic (exact) mass is 330 g/mol. The molecule has 2 unspecified atom stereocenters. The molecule has 0 bridgehead atoms. The fourth-order valence-corrected chi connectivity index (χ4v) is 3.44. The Kier molecular flexibility index (Phi) is 5.14. The van der Waals surface area contributed by atoms with E-state index in [0.29, 0.717) is 11.5 Å². The van der Waals surface area contributed by atoms with Gasteiger partial charge in [-0.25, -0.2) is 9.67 Å². The highest BCUT2D eigenvalue weighted by molar-refractivity contribution is 5.97. The molecule has 2 heterocycles. The summed E-state index contributed by atoms with van der Waals surface area (Å²) in [6.07, 6.45) is 7.51. The Morgan fingerprint density at radius 3 is 2.92 bits per heavy atom. The van der Waals surface area contributed by atoms with Crippen molar-refractivity contribution in [2.24, 2.45) is 11.8 Å². The van der Waals surface area contributed by atoms with Crippen molar-refractivity contribution in [3.8, 4) is 0 Å². The van der Waals surface area contributed by atoms with E-state index in [1.807, 2.05) is 10.7 Å². The lowest BCUT2D eigenvalue weighted by molar-refractivity contribution is 0.0872. The van der Waals surface area contributed by atoms with Crippen LogP contribution in [-0.4, -0.2) is 38.4 Å². The molecule has 1 amide bonds. The van der Waals surface area contributed by atoms with Gasteiger partial charge in [0.1, 0.15) is 0 Å². The molecule has 0 saturated heterocycles. The van der Waals surface area contributed by atoms with E-state index < -0.39 is 0 Å². The van der Waals surface area contributed by atoms with Crippen LogP contribution in [-0.2, 0) is 6.54 Å². The molecule has 1 aliphatic rings. The normalized spacial score (nSPS) is 21.3. The molecule has 0 aromatic carbocycles. The second-order valence-electron chi connectivity index (χ2n) is 7.16. The average molecular weight is 330 g/mol. The maximum Gasteiger partial charge on any atom is 0.253 e. The van der Waals surface area contributed by atoms with Crippen LogP contribution in [0.1, 0.15) is 49.9 Å². The molecule has 6 heteroatoms. The Balaban J connectivity index is 1.75. The highest BCUT2D eigenvalue weighted by atomic mass is 16.3. The molecule has 0 radical (unpaired) electrons. The summed E-state index contributed by atoms with van der Waals surface area (Å²) in [5.41, 5.74) is 1.36. The van der Waals surface area contributed by atoms with Gasteiger partial charge in [0.15, 0.2) is 5.65 Å². The Hall–Kier alpha value is -1.95. The third-order valence-corrected chi connectivity index (χ3v) is 4.74. The molecule has 0 aliphatic heterocycles. The molecule has 3 rings (SSSR count). The van der Waals surface area contributed by atoms with Crippen molar-refractivity contribution < 1.29 is 9.90 Å². The summed E-state index contributed by atoms with van der Waals surface area (Å²) in [5, 5.41) is 17.8. The van der Waals surface area contributed by atoms with Gasteiger partial charge in [-0.15, -0.1) is 0 Å². The molecule has 1 fully saturated rings. The number of aromatic nitrogens is 3. The molecule has 2 aromatic rings. The summed E-state index contributed by atoms with van der Waals surface area (Å²) in [6.45, 7) is 5.21. The van der Waals surface area contributed by atoms with Crippen LogP contribution < -0.4 is 5.32 Å². The SMILES string of the molecule is CC(C)Cn1ncc2cc(C(=O)NC3CCCCC3CO)cnc21. The van der Waals surface area contributed by atoms with Crippen molar-refractivity contribution in [3.63, 3.8) is 0 Å². The van der Waals surface area contributed by atoms with E-state index >= 15 is 0 Å². The van der Waals surface area contributed by atoms with Crippen LogP contribution >= 0.6 is 0 Å². The Labute approximate surface area is 142 Å². The van der Waals surface area contributed by atoms with Crippen LogP contribution in [0.25, 0.3) is 11.0 Å². The average Bonchev–Trinajstić information content (AvgIpc) is 2.97. The van der Waals surface area contributed by atoms with Gasteiger partial charge in [0.2, 0.25) is 0 Å². The van der Waals surface area contributed by atoms with E-state index in [4.69, 9.17) is 0 Å². The van der Waals surface area contributed by atoms with Crippen LogP contribution in [0.3, 0.4) is 0 Å². The third kappa shape index (κ3) is 3.59. The minimum Gasteiger partial charge on any atom is -0.396 e. The van der Waals surface area contributed by atoms with Gasteiger partial charge in [0.25, 0.3) is 5.91 Å². The fraction of sp³-hybridized carbons (Fsp3) is 0.611. The number of carbonyl (C=O) groups excluding carboxylic acids is 1. The zero-order chi connectivity index (χ0) is 17.1. The number of nitrogens with one attached hydrogen (secondary N) is 1. The summed E-state index contributed by atoms with van der Waals surface area (Å²) in [6, 6.07) is 1.90. The van der Waals surface area contributed by atoms with Gasteiger partial charge in [0.05, 0.1) is 11.8 Å². The predicted octanol–water partition coefficient (Wildman–Crippen LogP) is 2.37. The predicted molar refractivity (Wildman–Crippen MR) is 92.7 cm³/mol. The van der Waals surface area contributed by atoms with Crippen molar-refractivity contribution in [3.05, 3.63) is 24.0 Å². The van der Waals surface area contributed by atoms with Gasteiger partial charge < -0.3 is 10.4 Å². The maximum atomic E-state index is 12.5. The van der Waals surface area contributed by atoms with Crippen LogP contribution in [0.2, 0.25) is 0 Å². The van der Waals surface area contributed by atoms with Gasteiger partial charge >= 0.3 is 0 Å². The van der Waals surface area contributed by atoms with Crippen molar-refractivity contribution in [2.45, 2.75) is 52.1 Å². The first-order valence-electron chi connectivity index (χ1n) is 8.81. The lowest BCUT2D eigenvalue weighted by Gasteiger charge is -2.30. The van der Waals surface area contributed by atoms with E-state index in [0.717, 1.165) is 43.3 Å². The summed E-state index contributed by atoms with van der Waals surface area (Å²) < 4.78 is 1.88. The summed E-state index contributed by atoms with van der Waals surface area (Å²) in [5.74, 6) is 0.527. The number of hydrogen-bond acceptors (Lipinski definition) is 4. The molecule has 130 valence electrons. The lowest BCUT2D eigenvalue weighted by Crippen LogP contribution is -2.43. The highest BCUT2D eigenvalue weighted by Crippen LogP contribution is 2.24. The van der Waals surface area contributed by atoms with Crippen molar-refractivity contribution >= 4 is 16.9 Å². The van der Waals surface area contributed by atoms with Crippen LogP contribution in [0.4, 0.5) is 0 Å². The number of aliphatic hydroxyl groups is 1. The quantitative estimate of drug-likeness (QED) is 0.882. The molecule has 2 N–H and O–H groups in total. The fourth-order valence-electron chi connectivity index (χ4n) is 3.44. The number of aliphatic hydroxyl groups excluding tert-OH is 1. The molecule has 2 aromatic heterocycles. The molecule has 1 aliphatic carbocycles. The summed E-state index contributed by atoms with van der Waals surface area (Å²) in [4.78, 5) is 17.0. The van der Waals surface area contributed by atoms with Crippen LogP contribution in [0, 0.1) is 11.8 Å². The number of rotatable bonds is 5.